The summed E-state index contributed by atoms with van der Waals surface area (Å²) in [5.41, 5.74) is 1.50. The number of nitrogens with zero attached hydrogens (tertiary/aromatic N) is 3. The van der Waals surface area contributed by atoms with Gasteiger partial charge in [0.2, 0.25) is 11.8 Å². The number of nitrogens with one attached hydrogen (secondary N) is 2. The number of para-hydroxylation sites is 1. The van der Waals surface area contributed by atoms with Crippen LogP contribution in [0.2, 0.25) is 10.0 Å². The highest BCUT2D eigenvalue weighted by atomic mass is 35.5. The van der Waals surface area contributed by atoms with Crippen LogP contribution in [0, 0.1) is 0 Å². The van der Waals surface area contributed by atoms with E-state index >= 15 is 0 Å². The predicted molar refractivity (Wildman–Crippen MR) is 119 cm³/mol. The van der Waals surface area contributed by atoms with Gasteiger partial charge in [0.05, 0.1) is 17.3 Å². The fourth-order valence-electron chi connectivity index (χ4n) is 2.64. The lowest BCUT2D eigenvalue weighted by molar-refractivity contribution is -0.124. The molecule has 0 fully saturated rings. The van der Waals surface area contributed by atoms with Crippen LogP contribution in [0.4, 0.5) is 0 Å². The summed E-state index contributed by atoms with van der Waals surface area (Å²) in [7, 11) is 0. The van der Waals surface area contributed by atoms with Crippen LogP contribution < -0.4 is 10.6 Å². The Morgan fingerprint density at radius 2 is 1.80 bits per heavy atom. The summed E-state index contributed by atoms with van der Waals surface area (Å²) < 4.78 is 1.83. The van der Waals surface area contributed by atoms with E-state index in [1.807, 2.05) is 41.8 Å². The van der Waals surface area contributed by atoms with Crippen LogP contribution in [-0.4, -0.2) is 45.4 Å². The van der Waals surface area contributed by atoms with E-state index < -0.39 is 0 Å². The zero-order valence-electron chi connectivity index (χ0n) is 16.1. The van der Waals surface area contributed by atoms with Gasteiger partial charge in [0, 0.05) is 22.8 Å². The number of halogens is 2. The van der Waals surface area contributed by atoms with Crippen LogP contribution in [0.5, 0.6) is 0 Å². The van der Waals surface area contributed by atoms with Crippen molar-refractivity contribution in [2.75, 3.05) is 18.8 Å². The van der Waals surface area contributed by atoms with Gasteiger partial charge in [0.15, 0.2) is 11.0 Å². The highest BCUT2D eigenvalue weighted by molar-refractivity contribution is 7.99. The SMILES string of the molecule is CCNC(=O)CNC(=O)CSc1nnc(-c2ccc(Cl)cc2Cl)n1-c1ccccc1. The summed E-state index contributed by atoms with van der Waals surface area (Å²) in [4.78, 5) is 23.6. The van der Waals surface area contributed by atoms with Crippen molar-refractivity contribution in [2.24, 2.45) is 0 Å². The number of carbonyl (C=O) groups excluding carboxylic acids is 2. The van der Waals surface area contributed by atoms with E-state index in [4.69, 9.17) is 23.2 Å². The lowest BCUT2D eigenvalue weighted by Gasteiger charge is -2.11. The van der Waals surface area contributed by atoms with Crippen molar-refractivity contribution in [2.45, 2.75) is 12.1 Å². The van der Waals surface area contributed by atoms with Crippen LogP contribution in [-0.2, 0) is 9.59 Å². The first kappa shape index (κ1) is 22.1. The van der Waals surface area contributed by atoms with Crippen molar-refractivity contribution in [1.29, 1.82) is 0 Å². The van der Waals surface area contributed by atoms with Gasteiger partial charge in [-0.1, -0.05) is 53.2 Å². The minimum atomic E-state index is -0.278. The van der Waals surface area contributed by atoms with E-state index in [9.17, 15) is 9.59 Å². The summed E-state index contributed by atoms with van der Waals surface area (Å²) in [6, 6.07) is 14.7. The Bertz CT molecular complexity index is 1040. The lowest BCUT2D eigenvalue weighted by atomic mass is 10.2. The Hall–Kier alpha value is -2.55. The van der Waals surface area contributed by atoms with Crippen molar-refractivity contribution in [3.8, 4) is 17.1 Å². The van der Waals surface area contributed by atoms with Crippen molar-refractivity contribution in [3.05, 3.63) is 58.6 Å². The molecule has 0 saturated carbocycles. The standard InChI is InChI=1S/C20H19Cl2N5O2S/c1-2-23-17(28)11-24-18(29)12-30-20-26-25-19(15-9-8-13(21)10-16(15)22)27(20)14-6-4-3-5-7-14/h3-10H,2,11-12H2,1H3,(H,23,28)(H,24,29). The molecule has 2 N–H and O–H groups in total. The number of thioether (sulfide) groups is 1. The molecule has 0 atom stereocenters. The summed E-state index contributed by atoms with van der Waals surface area (Å²) >= 11 is 13.6. The summed E-state index contributed by atoms with van der Waals surface area (Å²) in [6.45, 7) is 2.26. The monoisotopic (exact) mass is 463 g/mol. The highest BCUT2D eigenvalue weighted by Crippen LogP contribution is 2.33. The first-order valence-electron chi connectivity index (χ1n) is 9.12. The second-order valence-corrected chi connectivity index (χ2v) is 7.91. The molecule has 0 spiro atoms. The minimum Gasteiger partial charge on any atom is -0.355 e. The van der Waals surface area contributed by atoms with Crippen molar-refractivity contribution in [3.63, 3.8) is 0 Å². The van der Waals surface area contributed by atoms with Crippen molar-refractivity contribution >= 4 is 46.8 Å². The maximum atomic E-state index is 12.1. The number of amides is 2. The lowest BCUT2D eigenvalue weighted by Crippen LogP contribution is -2.37. The van der Waals surface area contributed by atoms with E-state index in [0.29, 0.717) is 33.1 Å². The number of hydrogen-bond acceptors (Lipinski definition) is 5. The largest absolute Gasteiger partial charge is 0.355 e. The number of carbonyl (C=O) groups is 2. The zero-order chi connectivity index (χ0) is 21.5. The normalized spacial score (nSPS) is 10.6. The molecule has 0 unspecified atom stereocenters. The molecule has 1 aromatic heterocycles. The number of rotatable bonds is 8. The minimum absolute atomic E-state index is 0.0652. The van der Waals surface area contributed by atoms with Gasteiger partial charge in [-0.25, -0.2) is 0 Å². The Morgan fingerprint density at radius 1 is 1.03 bits per heavy atom. The van der Waals surface area contributed by atoms with Gasteiger partial charge in [-0.15, -0.1) is 10.2 Å². The Kier molecular flexibility index (Phi) is 7.73. The average molecular weight is 464 g/mol. The molecule has 2 aromatic carbocycles. The number of aromatic nitrogens is 3. The summed E-state index contributed by atoms with van der Waals surface area (Å²) in [5.74, 6) is 0.106. The van der Waals surface area contributed by atoms with Gasteiger partial charge < -0.3 is 10.6 Å². The van der Waals surface area contributed by atoms with E-state index in [0.717, 1.165) is 5.69 Å². The molecule has 0 aliphatic heterocycles. The highest BCUT2D eigenvalue weighted by Gasteiger charge is 2.19. The Labute approximate surface area is 188 Å². The molecule has 0 aliphatic carbocycles. The van der Waals surface area contributed by atoms with Crippen LogP contribution >= 0.6 is 35.0 Å². The van der Waals surface area contributed by atoms with Crippen molar-refractivity contribution < 1.29 is 9.59 Å². The van der Waals surface area contributed by atoms with Gasteiger partial charge in [-0.2, -0.15) is 0 Å². The van der Waals surface area contributed by atoms with E-state index in [-0.39, 0.29) is 24.1 Å². The first-order chi connectivity index (χ1) is 14.5. The number of hydrogen-bond donors (Lipinski definition) is 2. The topological polar surface area (TPSA) is 88.9 Å². The summed E-state index contributed by atoms with van der Waals surface area (Å²) in [5, 5.41) is 15.3. The average Bonchev–Trinajstić information content (AvgIpc) is 3.15. The van der Waals surface area contributed by atoms with Gasteiger partial charge in [0.25, 0.3) is 0 Å². The fraction of sp³-hybridized carbons (Fsp3) is 0.200. The van der Waals surface area contributed by atoms with E-state index in [2.05, 4.69) is 20.8 Å². The number of likely N-dealkylation sites (N-methyl/N-ethyl adjacent to an activating group) is 1. The zero-order valence-corrected chi connectivity index (χ0v) is 18.4. The molecular formula is C20H19Cl2N5O2S. The van der Waals surface area contributed by atoms with Gasteiger partial charge in [-0.3, -0.25) is 14.2 Å². The van der Waals surface area contributed by atoms with Gasteiger partial charge in [0.1, 0.15) is 0 Å². The molecule has 7 nitrogen and oxygen atoms in total. The molecule has 0 radical (unpaired) electrons. The number of benzene rings is 2. The van der Waals surface area contributed by atoms with Crippen LogP contribution in [0.15, 0.2) is 53.7 Å². The quantitative estimate of drug-likeness (QED) is 0.498. The molecule has 3 rings (SSSR count). The molecule has 2 amide bonds. The maximum Gasteiger partial charge on any atom is 0.239 e. The second-order valence-electron chi connectivity index (χ2n) is 6.12. The van der Waals surface area contributed by atoms with E-state index in [1.165, 1.54) is 11.8 Å². The molecule has 0 saturated heterocycles. The molecule has 30 heavy (non-hydrogen) atoms. The maximum absolute atomic E-state index is 12.1. The molecule has 0 aliphatic rings. The van der Waals surface area contributed by atoms with Crippen molar-refractivity contribution in [1.82, 2.24) is 25.4 Å². The van der Waals surface area contributed by atoms with Gasteiger partial charge in [-0.05, 0) is 37.3 Å². The van der Waals surface area contributed by atoms with Crippen LogP contribution in [0.1, 0.15) is 6.92 Å². The first-order valence-corrected chi connectivity index (χ1v) is 10.9. The molecule has 156 valence electrons. The third-order valence-electron chi connectivity index (χ3n) is 3.97. The van der Waals surface area contributed by atoms with Crippen LogP contribution in [0.25, 0.3) is 17.1 Å². The van der Waals surface area contributed by atoms with Gasteiger partial charge >= 0.3 is 0 Å². The third kappa shape index (κ3) is 5.53. The third-order valence-corrected chi connectivity index (χ3v) is 5.45. The predicted octanol–water partition coefficient (Wildman–Crippen LogP) is 3.59. The Morgan fingerprint density at radius 3 is 2.50 bits per heavy atom. The molecule has 0 bridgehead atoms. The smallest absolute Gasteiger partial charge is 0.239 e. The Balaban J connectivity index is 1.84. The van der Waals surface area contributed by atoms with E-state index in [1.54, 1.807) is 18.2 Å². The molecule has 1 heterocycles. The molecule has 10 heteroatoms. The summed E-state index contributed by atoms with van der Waals surface area (Å²) in [6.07, 6.45) is 0. The van der Waals surface area contributed by atoms with Crippen LogP contribution in [0.3, 0.4) is 0 Å². The fourth-order valence-corrected chi connectivity index (χ4v) is 3.91. The molecular weight excluding hydrogens is 445 g/mol. The molecule has 3 aromatic rings. The second kappa shape index (κ2) is 10.5.